The standard InChI is InChI=1S/C20H31N5O/c1-4-8-24-9-7-21-20(24)14-25-11-17-5-6-18(25)12-23(10-17)13-19-15(2)22-26-16(19)3/h7,9,17-18H,4-6,8,10-14H2,1-3H3/t17-,18+/m1/s1. The first-order valence-electron chi connectivity index (χ1n) is 10.0. The molecule has 26 heavy (non-hydrogen) atoms. The predicted molar refractivity (Wildman–Crippen MR) is 101 cm³/mol. The maximum Gasteiger partial charge on any atom is 0.138 e. The highest BCUT2D eigenvalue weighted by Gasteiger charge is 2.35. The average Bonchev–Trinajstić information content (AvgIpc) is 3.05. The molecule has 6 nitrogen and oxygen atoms in total. The zero-order valence-corrected chi connectivity index (χ0v) is 16.3. The molecule has 0 amide bonds. The molecule has 0 spiro atoms. The Morgan fingerprint density at radius 3 is 2.81 bits per heavy atom. The molecule has 2 aromatic rings. The molecule has 2 bridgehead atoms. The normalized spacial score (nSPS) is 24.3. The van der Waals surface area contributed by atoms with Crippen LogP contribution in [0.25, 0.3) is 0 Å². The number of fused-ring (bicyclic) bond motifs is 4. The first-order chi connectivity index (χ1) is 12.6. The van der Waals surface area contributed by atoms with E-state index in [1.807, 2.05) is 13.1 Å². The topological polar surface area (TPSA) is 50.3 Å². The van der Waals surface area contributed by atoms with Gasteiger partial charge in [-0.1, -0.05) is 12.1 Å². The minimum atomic E-state index is 0.626. The summed E-state index contributed by atoms with van der Waals surface area (Å²) >= 11 is 0. The fourth-order valence-electron chi connectivity index (χ4n) is 4.67. The highest BCUT2D eigenvalue weighted by Crippen LogP contribution is 2.30. The van der Waals surface area contributed by atoms with Crippen LogP contribution in [0.15, 0.2) is 16.9 Å². The molecule has 2 atom stereocenters. The third-order valence-electron chi connectivity index (χ3n) is 6.08. The second-order valence-corrected chi connectivity index (χ2v) is 8.06. The van der Waals surface area contributed by atoms with Crippen molar-refractivity contribution in [2.75, 3.05) is 19.6 Å². The van der Waals surface area contributed by atoms with Crippen molar-refractivity contribution in [2.45, 2.75) is 65.7 Å². The second-order valence-electron chi connectivity index (χ2n) is 8.06. The van der Waals surface area contributed by atoms with Crippen LogP contribution in [0.1, 0.15) is 49.0 Å². The lowest BCUT2D eigenvalue weighted by Crippen LogP contribution is -2.43. The van der Waals surface area contributed by atoms with Gasteiger partial charge in [0.05, 0.1) is 12.2 Å². The Hall–Kier alpha value is -1.66. The molecule has 0 radical (unpaired) electrons. The number of hydrogen-bond donors (Lipinski definition) is 0. The van der Waals surface area contributed by atoms with Crippen LogP contribution in [-0.4, -0.2) is 50.2 Å². The lowest BCUT2D eigenvalue weighted by Gasteiger charge is -2.36. The summed E-state index contributed by atoms with van der Waals surface area (Å²) in [6.45, 7) is 12.8. The van der Waals surface area contributed by atoms with Gasteiger partial charge >= 0.3 is 0 Å². The highest BCUT2D eigenvalue weighted by molar-refractivity contribution is 5.20. The molecule has 3 aliphatic rings. The minimum absolute atomic E-state index is 0.626. The summed E-state index contributed by atoms with van der Waals surface area (Å²) in [7, 11) is 0. The lowest BCUT2D eigenvalue weighted by atomic mass is 9.95. The van der Waals surface area contributed by atoms with E-state index < -0.39 is 0 Å². The smallest absolute Gasteiger partial charge is 0.138 e. The van der Waals surface area contributed by atoms with E-state index in [1.165, 1.54) is 37.3 Å². The van der Waals surface area contributed by atoms with Gasteiger partial charge in [0.25, 0.3) is 0 Å². The molecule has 0 saturated carbocycles. The van der Waals surface area contributed by atoms with Crippen molar-refractivity contribution in [3.05, 3.63) is 35.2 Å². The summed E-state index contributed by atoms with van der Waals surface area (Å²) in [6, 6.07) is 0.626. The molecule has 0 unspecified atom stereocenters. The Morgan fingerprint density at radius 2 is 2.04 bits per heavy atom. The summed E-state index contributed by atoms with van der Waals surface area (Å²) in [5, 5.41) is 4.13. The molecule has 142 valence electrons. The largest absolute Gasteiger partial charge is 0.361 e. The number of rotatable bonds is 6. The van der Waals surface area contributed by atoms with Crippen molar-refractivity contribution < 1.29 is 4.52 Å². The Morgan fingerprint density at radius 1 is 1.15 bits per heavy atom. The third-order valence-corrected chi connectivity index (χ3v) is 6.08. The Balaban J connectivity index is 1.45. The van der Waals surface area contributed by atoms with Crippen molar-refractivity contribution in [3.63, 3.8) is 0 Å². The van der Waals surface area contributed by atoms with E-state index in [9.17, 15) is 0 Å². The number of aromatic nitrogens is 3. The van der Waals surface area contributed by atoms with Gasteiger partial charge in [-0.3, -0.25) is 9.80 Å². The van der Waals surface area contributed by atoms with Crippen molar-refractivity contribution in [3.8, 4) is 0 Å². The van der Waals surface area contributed by atoms with E-state index in [-0.39, 0.29) is 0 Å². The van der Waals surface area contributed by atoms with E-state index in [2.05, 4.69) is 44.6 Å². The van der Waals surface area contributed by atoms with E-state index in [0.717, 1.165) is 50.0 Å². The SMILES string of the molecule is CCCn1ccnc1CN1C[C@@H]2CC[C@H]1CN(Cc1c(C)noc1C)C2. The van der Waals surface area contributed by atoms with E-state index in [1.54, 1.807) is 0 Å². The molecular weight excluding hydrogens is 326 g/mol. The quantitative estimate of drug-likeness (QED) is 0.795. The molecule has 3 aliphatic heterocycles. The zero-order valence-electron chi connectivity index (χ0n) is 16.3. The fraction of sp³-hybridized carbons (Fsp3) is 0.700. The third kappa shape index (κ3) is 3.58. The molecule has 5 rings (SSSR count). The molecule has 5 heterocycles. The molecule has 2 aromatic heterocycles. The van der Waals surface area contributed by atoms with Crippen molar-refractivity contribution in [2.24, 2.45) is 5.92 Å². The van der Waals surface area contributed by atoms with Crippen LogP contribution in [0.5, 0.6) is 0 Å². The second kappa shape index (κ2) is 7.53. The number of imidazole rings is 1. The molecular formula is C20H31N5O. The summed E-state index contributed by atoms with van der Waals surface area (Å²) in [5.74, 6) is 2.94. The lowest BCUT2D eigenvalue weighted by molar-refractivity contribution is 0.118. The van der Waals surface area contributed by atoms with Gasteiger partial charge in [-0.05, 0) is 39.0 Å². The number of piperidine rings is 1. The van der Waals surface area contributed by atoms with Crippen LogP contribution >= 0.6 is 0 Å². The number of nitrogens with zero attached hydrogens (tertiary/aromatic N) is 5. The number of aryl methyl sites for hydroxylation is 3. The van der Waals surface area contributed by atoms with Gasteiger partial charge in [0.15, 0.2) is 0 Å². The minimum Gasteiger partial charge on any atom is -0.361 e. The van der Waals surface area contributed by atoms with Gasteiger partial charge in [-0.25, -0.2) is 4.98 Å². The summed E-state index contributed by atoms with van der Waals surface area (Å²) in [6.07, 6.45) is 7.88. The molecule has 0 aliphatic carbocycles. The predicted octanol–water partition coefficient (Wildman–Crippen LogP) is 2.99. The zero-order chi connectivity index (χ0) is 18.1. The van der Waals surface area contributed by atoms with Gasteiger partial charge in [0, 0.05) is 56.7 Å². The van der Waals surface area contributed by atoms with Gasteiger partial charge in [-0.15, -0.1) is 0 Å². The van der Waals surface area contributed by atoms with Crippen molar-refractivity contribution in [1.29, 1.82) is 0 Å². The van der Waals surface area contributed by atoms with Crippen LogP contribution in [0, 0.1) is 19.8 Å². The summed E-state index contributed by atoms with van der Waals surface area (Å²) < 4.78 is 7.69. The van der Waals surface area contributed by atoms with E-state index in [4.69, 9.17) is 4.52 Å². The van der Waals surface area contributed by atoms with Crippen molar-refractivity contribution in [1.82, 2.24) is 24.5 Å². The first-order valence-corrected chi connectivity index (χ1v) is 10.0. The first kappa shape index (κ1) is 17.7. The summed E-state index contributed by atoms with van der Waals surface area (Å²) in [5.41, 5.74) is 2.31. The fourth-order valence-corrected chi connectivity index (χ4v) is 4.67. The molecule has 0 N–H and O–H groups in total. The maximum atomic E-state index is 5.37. The van der Waals surface area contributed by atoms with E-state index in [0.29, 0.717) is 6.04 Å². The van der Waals surface area contributed by atoms with Crippen LogP contribution in [-0.2, 0) is 19.6 Å². The van der Waals surface area contributed by atoms with Gasteiger partial charge in [-0.2, -0.15) is 0 Å². The maximum absolute atomic E-state index is 5.37. The Kier molecular flexibility index (Phi) is 5.14. The van der Waals surface area contributed by atoms with Gasteiger partial charge in [0.2, 0.25) is 0 Å². The van der Waals surface area contributed by atoms with E-state index >= 15 is 0 Å². The molecule has 0 aromatic carbocycles. The van der Waals surface area contributed by atoms with Crippen LogP contribution in [0.4, 0.5) is 0 Å². The Bertz CT molecular complexity index is 717. The van der Waals surface area contributed by atoms with Crippen LogP contribution in [0.3, 0.4) is 0 Å². The van der Waals surface area contributed by atoms with Crippen molar-refractivity contribution >= 4 is 0 Å². The average molecular weight is 358 g/mol. The highest BCUT2D eigenvalue weighted by atomic mass is 16.5. The van der Waals surface area contributed by atoms with Gasteiger partial charge < -0.3 is 9.09 Å². The molecule has 3 fully saturated rings. The molecule has 3 saturated heterocycles. The van der Waals surface area contributed by atoms with Crippen LogP contribution in [0.2, 0.25) is 0 Å². The number of hydrogen-bond acceptors (Lipinski definition) is 5. The van der Waals surface area contributed by atoms with Crippen LogP contribution < -0.4 is 0 Å². The Labute approximate surface area is 156 Å². The molecule has 6 heteroatoms. The van der Waals surface area contributed by atoms with Gasteiger partial charge in [0.1, 0.15) is 11.6 Å². The summed E-state index contributed by atoms with van der Waals surface area (Å²) in [4.78, 5) is 9.93. The monoisotopic (exact) mass is 357 g/mol.